The van der Waals surface area contributed by atoms with Gasteiger partial charge < -0.3 is 9.79 Å². The van der Waals surface area contributed by atoms with Crippen LogP contribution in [0.25, 0.3) is 10.8 Å². The first-order chi connectivity index (χ1) is 8.38. The molecule has 0 saturated carbocycles. The number of fused-ring (bicyclic) bond motifs is 1. The van der Waals surface area contributed by atoms with Crippen LogP contribution in [0.1, 0.15) is 5.56 Å². The summed E-state index contributed by atoms with van der Waals surface area (Å²) in [5, 5.41) is 11.7. The summed E-state index contributed by atoms with van der Waals surface area (Å²) in [4.78, 5) is 28.3. The molecule has 0 fully saturated rings. The quantitative estimate of drug-likeness (QED) is 0.505. The zero-order valence-corrected chi connectivity index (χ0v) is 10.1. The standard InChI is InChI=1S/C11H10NO5P/c13-12(14)11-6-5-8(7-18(15,16)17)9-3-1-2-4-10(9)11/h1-6H,7H2,(H2,15,16,17). The SMILES string of the molecule is O=[N+]([O-])c1ccc(CP(=O)(O)O)c2ccccc12. The van der Waals surface area contributed by atoms with E-state index in [0.717, 1.165) is 0 Å². The van der Waals surface area contributed by atoms with Crippen LogP contribution in [-0.2, 0) is 10.7 Å². The molecule has 18 heavy (non-hydrogen) atoms. The van der Waals surface area contributed by atoms with E-state index in [1.807, 2.05) is 0 Å². The summed E-state index contributed by atoms with van der Waals surface area (Å²) in [6.07, 6.45) is -0.425. The molecule has 0 aromatic heterocycles. The van der Waals surface area contributed by atoms with E-state index in [1.165, 1.54) is 12.1 Å². The molecular formula is C11H10NO5P. The molecule has 0 spiro atoms. The fourth-order valence-corrected chi connectivity index (χ4v) is 2.58. The Morgan fingerprint density at radius 1 is 1.11 bits per heavy atom. The zero-order valence-electron chi connectivity index (χ0n) is 9.18. The molecule has 0 radical (unpaired) electrons. The van der Waals surface area contributed by atoms with Gasteiger partial charge in [-0.1, -0.05) is 24.3 Å². The van der Waals surface area contributed by atoms with Crippen molar-refractivity contribution in [1.82, 2.24) is 0 Å². The summed E-state index contributed by atoms with van der Waals surface area (Å²) in [5.74, 6) is 0. The molecule has 2 rings (SSSR count). The average Bonchev–Trinajstić information content (AvgIpc) is 2.27. The number of rotatable bonds is 3. The number of nitrogens with zero attached hydrogens (tertiary/aromatic N) is 1. The highest BCUT2D eigenvalue weighted by atomic mass is 31.2. The molecule has 6 nitrogen and oxygen atoms in total. The molecule has 0 unspecified atom stereocenters. The summed E-state index contributed by atoms with van der Waals surface area (Å²) in [7, 11) is -4.20. The van der Waals surface area contributed by atoms with Gasteiger partial charge in [-0.3, -0.25) is 14.7 Å². The van der Waals surface area contributed by atoms with E-state index < -0.39 is 18.7 Å². The van der Waals surface area contributed by atoms with Crippen LogP contribution in [0.3, 0.4) is 0 Å². The van der Waals surface area contributed by atoms with Crippen LogP contribution >= 0.6 is 7.60 Å². The maximum absolute atomic E-state index is 11.0. The number of non-ortho nitro benzene ring substituents is 1. The van der Waals surface area contributed by atoms with Crippen molar-refractivity contribution in [2.24, 2.45) is 0 Å². The molecule has 0 bridgehead atoms. The molecular weight excluding hydrogens is 257 g/mol. The largest absolute Gasteiger partial charge is 0.329 e. The minimum Gasteiger partial charge on any atom is -0.324 e. The summed E-state index contributed by atoms with van der Waals surface area (Å²) < 4.78 is 11.0. The molecule has 0 aliphatic rings. The van der Waals surface area contributed by atoms with Gasteiger partial charge in [0.2, 0.25) is 0 Å². The molecule has 7 heteroatoms. The van der Waals surface area contributed by atoms with Crippen molar-refractivity contribution in [1.29, 1.82) is 0 Å². The molecule has 2 aromatic rings. The van der Waals surface area contributed by atoms with Gasteiger partial charge in [-0.25, -0.2) is 0 Å². The second kappa shape index (κ2) is 4.49. The Balaban J connectivity index is 2.68. The third-order valence-corrected chi connectivity index (χ3v) is 3.32. The van der Waals surface area contributed by atoms with Gasteiger partial charge in [0.15, 0.2) is 0 Å². The van der Waals surface area contributed by atoms with Gasteiger partial charge in [-0.2, -0.15) is 0 Å². The van der Waals surface area contributed by atoms with Gasteiger partial charge in [0.1, 0.15) is 0 Å². The van der Waals surface area contributed by atoms with Crippen LogP contribution in [0.4, 0.5) is 5.69 Å². The number of hydrogen-bond donors (Lipinski definition) is 2. The predicted molar refractivity (Wildman–Crippen MR) is 66.4 cm³/mol. The van der Waals surface area contributed by atoms with Crippen LogP contribution in [0.15, 0.2) is 36.4 Å². The first-order valence-electron chi connectivity index (χ1n) is 5.08. The van der Waals surface area contributed by atoms with E-state index >= 15 is 0 Å². The van der Waals surface area contributed by atoms with E-state index in [4.69, 9.17) is 9.79 Å². The van der Waals surface area contributed by atoms with Crippen molar-refractivity contribution in [2.75, 3.05) is 0 Å². The van der Waals surface area contributed by atoms with E-state index in [-0.39, 0.29) is 5.69 Å². The molecule has 0 aliphatic carbocycles. The van der Waals surface area contributed by atoms with Gasteiger partial charge in [0, 0.05) is 6.07 Å². The van der Waals surface area contributed by atoms with Crippen molar-refractivity contribution in [3.8, 4) is 0 Å². The zero-order chi connectivity index (χ0) is 13.3. The smallest absolute Gasteiger partial charge is 0.324 e. The summed E-state index contributed by atoms with van der Waals surface area (Å²) >= 11 is 0. The molecule has 0 aliphatic heterocycles. The number of nitro benzene ring substituents is 1. The fourth-order valence-electron chi connectivity index (χ4n) is 1.86. The molecule has 94 valence electrons. The van der Waals surface area contributed by atoms with Crippen molar-refractivity contribution < 1.29 is 19.3 Å². The maximum atomic E-state index is 11.0. The van der Waals surface area contributed by atoms with Gasteiger partial charge in [0.25, 0.3) is 5.69 Å². The van der Waals surface area contributed by atoms with Crippen LogP contribution in [0, 0.1) is 10.1 Å². The molecule has 0 atom stereocenters. The first-order valence-corrected chi connectivity index (χ1v) is 6.88. The second-order valence-corrected chi connectivity index (χ2v) is 5.51. The average molecular weight is 267 g/mol. The second-order valence-electron chi connectivity index (χ2n) is 3.87. The summed E-state index contributed by atoms with van der Waals surface area (Å²) in [5.41, 5.74) is 0.338. The Morgan fingerprint density at radius 3 is 2.28 bits per heavy atom. The Kier molecular flexibility index (Phi) is 3.17. The van der Waals surface area contributed by atoms with Crippen LogP contribution in [-0.4, -0.2) is 14.7 Å². The Bertz CT molecular complexity index is 664. The summed E-state index contributed by atoms with van der Waals surface area (Å²) in [6.45, 7) is 0. The van der Waals surface area contributed by atoms with Crippen molar-refractivity contribution in [3.05, 3.63) is 52.1 Å². The first kappa shape index (κ1) is 12.7. The van der Waals surface area contributed by atoms with Gasteiger partial charge in [0.05, 0.1) is 16.5 Å². The van der Waals surface area contributed by atoms with Crippen molar-refractivity contribution in [3.63, 3.8) is 0 Å². The van der Waals surface area contributed by atoms with E-state index in [0.29, 0.717) is 16.3 Å². The van der Waals surface area contributed by atoms with E-state index in [1.54, 1.807) is 24.3 Å². The Labute approximate surface area is 102 Å². The molecule has 0 saturated heterocycles. The monoisotopic (exact) mass is 267 g/mol. The van der Waals surface area contributed by atoms with E-state index in [9.17, 15) is 14.7 Å². The van der Waals surface area contributed by atoms with Gasteiger partial charge in [-0.15, -0.1) is 0 Å². The predicted octanol–water partition coefficient (Wildman–Crippen LogP) is 2.43. The normalized spacial score (nSPS) is 11.7. The van der Waals surface area contributed by atoms with Gasteiger partial charge in [-0.05, 0) is 17.0 Å². The third-order valence-electron chi connectivity index (χ3n) is 2.56. The van der Waals surface area contributed by atoms with Crippen molar-refractivity contribution >= 4 is 24.1 Å². The molecule has 2 N–H and O–H groups in total. The Hall–Kier alpha value is -1.75. The topological polar surface area (TPSA) is 101 Å². The van der Waals surface area contributed by atoms with Gasteiger partial charge >= 0.3 is 7.60 Å². The van der Waals surface area contributed by atoms with E-state index in [2.05, 4.69) is 0 Å². The molecule has 0 heterocycles. The number of nitro groups is 1. The Morgan fingerprint density at radius 2 is 1.72 bits per heavy atom. The number of hydrogen-bond acceptors (Lipinski definition) is 3. The lowest BCUT2D eigenvalue weighted by atomic mass is 10.0. The van der Waals surface area contributed by atoms with Crippen LogP contribution < -0.4 is 0 Å². The highest BCUT2D eigenvalue weighted by Crippen LogP contribution is 2.41. The lowest BCUT2D eigenvalue weighted by molar-refractivity contribution is -0.383. The minimum atomic E-state index is -4.20. The van der Waals surface area contributed by atoms with Crippen molar-refractivity contribution in [2.45, 2.75) is 6.16 Å². The summed E-state index contributed by atoms with van der Waals surface area (Å²) in [6, 6.07) is 9.17. The molecule has 2 aromatic carbocycles. The van der Waals surface area contributed by atoms with Crippen LogP contribution in [0.5, 0.6) is 0 Å². The lowest BCUT2D eigenvalue weighted by Gasteiger charge is -2.08. The molecule has 0 amide bonds. The highest BCUT2D eigenvalue weighted by molar-refractivity contribution is 7.50. The fraction of sp³-hybridized carbons (Fsp3) is 0.0909. The highest BCUT2D eigenvalue weighted by Gasteiger charge is 2.19. The minimum absolute atomic E-state index is 0.0694. The number of benzene rings is 2. The lowest BCUT2D eigenvalue weighted by Crippen LogP contribution is -1.94. The maximum Gasteiger partial charge on any atom is 0.329 e. The third kappa shape index (κ3) is 2.56. The van der Waals surface area contributed by atoms with Crippen LogP contribution in [0.2, 0.25) is 0 Å².